The Balaban J connectivity index is 1.41. The van der Waals surface area contributed by atoms with Gasteiger partial charge in [0.25, 0.3) is 5.91 Å². The van der Waals surface area contributed by atoms with Gasteiger partial charge in [-0.3, -0.25) is 10.1 Å². The van der Waals surface area contributed by atoms with Crippen LogP contribution in [0.25, 0.3) is 11.4 Å². The highest BCUT2D eigenvalue weighted by Gasteiger charge is 2.34. The van der Waals surface area contributed by atoms with Gasteiger partial charge >= 0.3 is 6.18 Å². The minimum atomic E-state index is -4.86. The number of hydrogen-bond donors (Lipinski definition) is 3. The Bertz CT molecular complexity index is 1400. The molecule has 0 atom stereocenters. The van der Waals surface area contributed by atoms with Crippen molar-refractivity contribution in [2.45, 2.75) is 6.18 Å². The molecule has 0 aliphatic carbocycles. The van der Waals surface area contributed by atoms with Gasteiger partial charge in [-0.15, -0.1) is 0 Å². The van der Waals surface area contributed by atoms with E-state index < -0.39 is 23.5 Å². The molecule has 0 bridgehead atoms. The summed E-state index contributed by atoms with van der Waals surface area (Å²) in [5.41, 5.74) is -0.499. The van der Waals surface area contributed by atoms with E-state index in [9.17, 15) is 22.4 Å². The van der Waals surface area contributed by atoms with Gasteiger partial charge in [0.2, 0.25) is 5.13 Å². The topological polar surface area (TPSA) is 116 Å². The number of halogens is 4. The molecule has 0 fully saturated rings. The molecule has 2 aromatic carbocycles. The van der Waals surface area contributed by atoms with Gasteiger partial charge in [0.05, 0.1) is 12.2 Å². The van der Waals surface area contributed by atoms with E-state index in [1.807, 2.05) is 0 Å². The quantitative estimate of drug-likeness (QED) is 0.282. The molecule has 0 unspecified atom stereocenters. The Morgan fingerprint density at radius 3 is 2.57 bits per heavy atom. The molecule has 0 aliphatic rings. The van der Waals surface area contributed by atoms with E-state index in [1.54, 1.807) is 42.3 Å². The van der Waals surface area contributed by atoms with Crippen LogP contribution in [0.1, 0.15) is 15.9 Å². The van der Waals surface area contributed by atoms with Crippen LogP contribution in [0.5, 0.6) is 0 Å². The second-order valence-electron chi connectivity index (χ2n) is 7.68. The number of alkyl halides is 3. The summed E-state index contributed by atoms with van der Waals surface area (Å²) in [6, 6.07) is 10.6. The number of aliphatic hydroxyl groups excluding tert-OH is 1. The van der Waals surface area contributed by atoms with Crippen molar-refractivity contribution in [3.8, 4) is 11.4 Å². The molecule has 1 amide bonds. The van der Waals surface area contributed by atoms with Crippen LogP contribution in [0.15, 0.2) is 54.9 Å². The summed E-state index contributed by atoms with van der Waals surface area (Å²) in [7, 11) is 1.79. The lowest BCUT2D eigenvalue weighted by atomic mass is 10.1. The first-order valence-electron chi connectivity index (χ1n) is 10.7. The number of carbonyl (C=O) groups excluding carboxylic acids is 1. The molecule has 0 saturated carbocycles. The van der Waals surface area contributed by atoms with Crippen molar-refractivity contribution in [2.24, 2.45) is 0 Å². The lowest BCUT2D eigenvalue weighted by Gasteiger charge is -2.17. The molecule has 3 N–H and O–H groups in total. The number of aliphatic hydroxyl groups is 1. The number of aromatic nitrogens is 4. The van der Waals surface area contributed by atoms with Gasteiger partial charge < -0.3 is 15.3 Å². The van der Waals surface area contributed by atoms with Crippen LogP contribution in [0.2, 0.25) is 0 Å². The minimum absolute atomic E-state index is 0.0175. The number of carbonyl (C=O) groups is 1. The highest BCUT2D eigenvalue weighted by Crippen LogP contribution is 2.34. The molecule has 14 heteroatoms. The fraction of sp³-hybridized carbons (Fsp3) is 0.174. The van der Waals surface area contributed by atoms with Gasteiger partial charge in [0.15, 0.2) is 5.82 Å². The normalized spacial score (nSPS) is 11.3. The molecule has 0 spiro atoms. The predicted octanol–water partition coefficient (Wildman–Crippen LogP) is 4.58. The SMILES string of the molecule is CN(CCO)c1cc(Nc2ccc(C(=O)Nc3nc(-c4ccc(F)c(C(F)(F)F)c4)ns3)cc2)ncn1. The van der Waals surface area contributed by atoms with E-state index in [0.29, 0.717) is 41.6 Å². The van der Waals surface area contributed by atoms with Crippen molar-refractivity contribution in [1.82, 2.24) is 19.3 Å². The number of hydrogen-bond acceptors (Lipinski definition) is 9. The first kappa shape index (κ1) is 25.9. The number of likely N-dealkylation sites (N-methyl/N-ethyl adjacent to an activating group) is 1. The molecular weight excluding hydrogens is 514 g/mol. The van der Waals surface area contributed by atoms with E-state index in [1.165, 1.54) is 6.33 Å². The number of nitrogens with zero attached hydrogens (tertiary/aromatic N) is 5. The number of rotatable bonds is 8. The zero-order chi connectivity index (χ0) is 26.6. The summed E-state index contributed by atoms with van der Waals surface area (Å²) in [6.07, 6.45) is -3.47. The zero-order valence-electron chi connectivity index (χ0n) is 19.1. The maximum atomic E-state index is 13.5. The molecule has 9 nitrogen and oxygen atoms in total. The third kappa shape index (κ3) is 6.34. The fourth-order valence-electron chi connectivity index (χ4n) is 3.18. The van der Waals surface area contributed by atoms with Gasteiger partial charge in [0, 0.05) is 48.0 Å². The number of benzene rings is 2. The largest absolute Gasteiger partial charge is 0.419 e. The van der Waals surface area contributed by atoms with Crippen LogP contribution in [0.3, 0.4) is 0 Å². The summed E-state index contributed by atoms with van der Waals surface area (Å²) in [5.74, 6) is -0.831. The first-order valence-corrected chi connectivity index (χ1v) is 11.4. The van der Waals surface area contributed by atoms with E-state index in [-0.39, 0.29) is 23.1 Å². The molecule has 4 aromatic rings. The summed E-state index contributed by atoms with van der Waals surface area (Å²) in [5, 5.41) is 14.8. The van der Waals surface area contributed by atoms with Crippen molar-refractivity contribution in [1.29, 1.82) is 0 Å². The van der Waals surface area contributed by atoms with Crippen molar-refractivity contribution >= 4 is 39.9 Å². The Labute approximate surface area is 212 Å². The molecule has 2 aromatic heterocycles. The van der Waals surface area contributed by atoms with Crippen LogP contribution < -0.4 is 15.5 Å². The smallest absolute Gasteiger partial charge is 0.395 e. The Morgan fingerprint density at radius 2 is 1.86 bits per heavy atom. The van der Waals surface area contributed by atoms with Gasteiger partial charge in [-0.25, -0.2) is 14.4 Å². The summed E-state index contributed by atoms with van der Waals surface area (Å²) in [6.45, 7) is 0.394. The van der Waals surface area contributed by atoms with Crippen molar-refractivity contribution in [3.05, 3.63) is 71.8 Å². The molecule has 0 aliphatic heterocycles. The maximum absolute atomic E-state index is 13.5. The standard InChI is InChI=1S/C23H19F4N7O2S/c1-34(8-9-35)19-11-18(28-12-29-19)30-15-5-2-13(3-6-15)21(36)32-22-31-20(33-37-22)14-4-7-17(24)16(10-14)23(25,26)27/h2-7,10-12,35H,8-9H2,1H3,(H,28,29,30)(H,31,32,33,36). The lowest BCUT2D eigenvalue weighted by molar-refractivity contribution is -0.139. The minimum Gasteiger partial charge on any atom is -0.395 e. The molecule has 2 heterocycles. The summed E-state index contributed by atoms with van der Waals surface area (Å²) < 4.78 is 56.4. The predicted molar refractivity (Wildman–Crippen MR) is 130 cm³/mol. The zero-order valence-corrected chi connectivity index (χ0v) is 19.9. The summed E-state index contributed by atoms with van der Waals surface area (Å²) in [4.78, 5) is 26.7. The van der Waals surface area contributed by atoms with Gasteiger partial charge in [-0.05, 0) is 42.5 Å². The maximum Gasteiger partial charge on any atom is 0.419 e. The second-order valence-corrected chi connectivity index (χ2v) is 8.43. The lowest BCUT2D eigenvalue weighted by Crippen LogP contribution is -2.22. The van der Waals surface area contributed by atoms with E-state index >= 15 is 0 Å². The van der Waals surface area contributed by atoms with Crippen LogP contribution in [0, 0.1) is 5.82 Å². The van der Waals surface area contributed by atoms with Gasteiger partial charge in [0.1, 0.15) is 23.8 Å². The third-order valence-corrected chi connectivity index (χ3v) is 5.71. The highest BCUT2D eigenvalue weighted by atomic mass is 32.1. The number of anilines is 4. The van der Waals surface area contributed by atoms with E-state index in [4.69, 9.17) is 5.11 Å². The van der Waals surface area contributed by atoms with E-state index in [2.05, 4.69) is 30.0 Å². The molecule has 37 heavy (non-hydrogen) atoms. The summed E-state index contributed by atoms with van der Waals surface area (Å²) >= 11 is 0.783. The van der Waals surface area contributed by atoms with Crippen LogP contribution in [0.4, 0.5) is 40.0 Å². The van der Waals surface area contributed by atoms with Crippen LogP contribution >= 0.6 is 11.5 Å². The molecule has 192 valence electrons. The molecular formula is C23H19F4N7O2S. The van der Waals surface area contributed by atoms with Crippen molar-refractivity contribution in [3.63, 3.8) is 0 Å². The second kappa shape index (κ2) is 10.8. The average Bonchev–Trinajstić information content (AvgIpc) is 3.33. The first-order chi connectivity index (χ1) is 17.6. The van der Waals surface area contributed by atoms with Crippen LogP contribution in [-0.2, 0) is 6.18 Å². The number of nitrogens with one attached hydrogen (secondary N) is 2. The third-order valence-electron chi connectivity index (χ3n) is 5.08. The molecule has 0 radical (unpaired) electrons. The number of amides is 1. The Kier molecular flexibility index (Phi) is 7.59. The molecule has 4 rings (SSSR count). The Hall–Kier alpha value is -4.17. The average molecular weight is 534 g/mol. The highest BCUT2D eigenvalue weighted by molar-refractivity contribution is 7.10. The van der Waals surface area contributed by atoms with Crippen molar-refractivity contribution < 1.29 is 27.5 Å². The van der Waals surface area contributed by atoms with Gasteiger partial charge in [-0.1, -0.05) is 0 Å². The van der Waals surface area contributed by atoms with Crippen LogP contribution in [-0.4, -0.2) is 50.5 Å². The fourth-order valence-corrected chi connectivity index (χ4v) is 3.77. The Morgan fingerprint density at radius 1 is 1.11 bits per heavy atom. The monoisotopic (exact) mass is 533 g/mol. The molecule has 0 saturated heterocycles. The van der Waals surface area contributed by atoms with Gasteiger partial charge in [-0.2, -0.15) is 22.5 Å². The van der Waals surface area contributed by atoms with E-state index in [0.717, 1.165) is 17.6 Å². The van der Waals surface area contributed by atoms with Crippen molar-refractivity contribution in [2.75, 3.05) is 35.7 Å².